The second kappa shape index (κ2) is 11.9. The van der Waals surface area contributed by atoms with Crippen LogP contribution in [0.1, 0.15) is 10.4 Å². The molecule has 0 radical (unpaired) electrons. The van der Waals surface area contributed by atoms with E-state index >= 15 is 0 Å². The molecule has 1 aromatic carbocycles. The van der Waals surface area contributed by atoms with Gasteiger partial charge in [0, 0.05) is 36.5 Å². The third-order valence-electron chi connectivity index (χ3n) is 3.72. The normalized spacial score (nSPS) is 16.2. The molecule has 0 amide bonds. The second-order valence-electron chi connectivity index (χ2n) is 5.88. The number of rotatable bonds is 7. The predicted molar refractivity (Wildman–Crippen MR) is 106 cm³/mol. The van der Waals surface area contributed by atoms with Crippen LogP contribution in [0.15, 0.2) is 53.9 Å². The summed E-state index contributed by atoms with van der Waals surface area (Å²) in [5.74, 6) is -1.55. The van der Waals surface area contributed by atoms with Crippen LogP contribution in [0.2, 0.25) is 0 Å². The number of hydrogen-bond acceptors (Lipinski definition) is 6. The van der Waals surface area contributed by atoms with E-state index < -0.39 is 11.9 Å². The van der Waals surface area contributed by atoms with Gasteiger partial charge in [-0.05, 0) is 23.1 Å². The first-order valence-corrected chi connectivity index (χ1v) is 9.62. The van der Waals surface area contributed by atoms with Crippen molar-refractivity contribution in [3.63, 3.8) is 0 Å². The Bertz CT molecular complexity index is 753. The van der Waals surface area contributed by atoms with Crippen LogP contribution >= 0.6 is 11.3 Å². The van der Waals surface area contributed by atoms with Gasteiger partial charge in [0.05, 0.1) is 6.61 Å². The Balaban J connectivity index is 0.000000300. The van der Waals surface area contributed by atoms with Crippen LogP contribution in [0, 0.1) is 0 Å². The van der Waals surface area contributed by atoms with Crippen LogP contribution in [0.3, 0.4) is 0 Å². The quantitative estimate of drug-likeness (QED) is 0.608. The van der Waals surface area contributed by atoms with E-state index in [1.807, 2.05) is 12.1 Å². The van der Waals surface area contributed by atoms with Crippen molar-refractivity contribution in [2.24, 2.45) is 0 Å². The minimum absolute atomic E-state index is 0.151. The maximum atomic E-state index is 9.55. The molecule has 8 heteroatoms. The van der Waals surface area contributed by atoms with Gasteiger partial charge in [-0.3, -0.25) is 0 Å². The number of carboxylic acids is 2. The molecule has 7 nitrogen and oxygen atoms in total. The third kappa shape index (κ3) is 8.34. The Morgan fingerprint density at radius 3 is 2.54 bits per heavy atom. The number of carboxylic acid groups (broad SMARTS) is 2. The molecular formula is C20H23NO6S. The van der Waals surface area contributed by atoms with E-state index in [2.05, 4.69) is 35.0 Å². The van der Waals surface area contributed by atoms with Crippen LogP contribution in [-0.2, 0) is 20.7 Å². The Hall–Kier alpha value is -2.68. The van der Waals surface area contributed by atoms with Gasteiger partial charge >= 0.3 is 11.9 Å². The first-order valence-electron chi connectivity index (χ1n) is 8.74. The van der Waals surface area contributed by atoms with Crippen molar-refractivity contribution in [1.29, 1.82) is 0 Å². The number of thiophene rings is 1. The van der Waals surface area contributed by atoms with Crippen molar-refractivity contribution in [2.45, 2.75) is 12.5 Å². The van der Waals surface area contributed by atoms with Gasteiger partial charge in [0.15, 0.2) is 0 Å². The molecule has 0 spiro atoms. The number of nitrogens with one attached hydrogen (secondary N) is 1. The highest BCUT2D eigenvalue weighted by atomic mass is 32.1. The van der Waals surface area contributed by atoms with Crippen LogP contribution in [0.25, 0.3) is 0 Å². The lowest BCUT2D eigenvalue weighted by atomic mass is 10.1. The monoisotopic (exact) mass is 405 g/mol. The molecule has 1 aliphatic heterocycles. The average Bonchev–Trinajstić information content (AvgIpc) is 3.20. The van der Waals surface area contributed by atoms with Crippen molar-refractivity contribution in [3.8, 4) is 5.75 Å². The summed E-state index contributed by atoms with van der Waals surface area (Å²) in [6.07, 6.45) is 2.20. The van der Waals surface area contributed by atoms with Crippen molar-refractivity contribution in [1.82, 2.24) is 5.32 Å². The Labute approximate surface area is 167 Å². The number of carbonyl (C=O) groups is 2. The smallest absolute Gasteiger partial charge is 0.328 e. The number of para-hydroxylation sites is 1. The van der Waals surface area contributed by atoms with E-state index in [4.69, 9.17) is 19.7 Å². The molecule has 150 valence electrons. The zero-order valence-corrected chi connectivity index (χ0v) is 16.1. The van der Waals surface area contributed by atoms with Crippen LogP contribution < -0.4 is 10.1 Å². The Morgan fingerprint density at radius 2 is 1.93 bits per heavy atom. The summed E-state index contributed by atoms with van der Waals surface area (Å²) < 4.78 is 11.6. The first-order chi connectivity index (χ1) is 13.5. The molecule has 3 N–H and O–H groups in total. The molecule has 0 saturated carbocycles. The summed E-state index contributed by atoms with van der Waals surface area (Å²) in [5.41, 5.74) is 1.23. The number of benzene rings is 1. The first kappa shape index (κ1) is 21.6. The van der Waals surface area contributed by atoms with Crippen molar-refractivity contribution >= 4 is 23.3 Å². The molecule has 1 saturated heterocycles. The summed E-state index contributed by atoms with van der Waals surface area (Å²) in [4.78, 5) is 20.5. The van der Waals surface area contributed by atoms with Gasteiger partial charge in [0.1, 0.15) is 18.5 Å². The average molecular weight is 405 g/mol. The molecule has 3 rings (SSSR count). The van der Waals surface area contributed by atoms with Crippen molar-refractivity contribution < 1.29 is 29.3 Å². The molecule has 2 aromatic rings. The summed E-state index contributed by atoms with van der Waals surface area (Å²) in [5, 5.41) is 21.1. The summed E-state index contributed by atoms with van der Waals surface area (Å²) in [6, 6.07) is 12.5. The van der Waals surface area contributed by atoms with Gasteiger partial charge in [0.25, 0.3) is 0 Å². The zero-order valence-electron chi connectivity index (χ0n) is 15.2. The maximum Gasteiger partial charge on any atom is 0.328 e. The summed E-state index contributed by atoms with van der Waals surface area (Å²) >= 11 is 1.78. The molecule has 0 aliphatic carbocycles. The standard InChI is InChI=1S/C16H19NO2S.C4H4O4/c1-2-6-16(19-12-14-11-17-7-8-18-14)13(4-1)10-15-5-3-9-20-15;5-3(6)1-2-4(7)8/h1-6,9,14,17H,7-8,10-12H2;1-2H,(H,5,6)(H,7,8)/b;2-1+. The lowest BCUT2D eigenvalue weighted by Crippen LogP contribution is -2.41. The van der Waals surface area contributed by atoms with Gasteiger partial charge in [-0.2, -0.15) is 0 Å². The highest BCUT2D eigenvalue weighted by Gasteiger charge is 2.14. The number of ether oxygens (including phenoxy) is 2. The fourth-order valence-corrected chi connectivity index (χ4v) is 3.17. The third-order valence-corrected chi connectivity index (χ3v) is 4.59. The van der Waals surface area contributed by atoms with E-state index in [1.54, 1.807) is 11.3 Å². The SMILES string of the molecule is O=C(O)/C=C/C(=O)O.c1csc(Cc2ccccc2OCC2CNCCO2)c1. The van der Waals surface area contributed by atoms with Gasteiger partial charge in [-0.1, -0.05) is 24.3 Å². The van der Waals surface area contributed by atoms with E-state index in [0.29, 0.717) is 18.8 Å². The summed E-state index contributed by atoms with van der Waals surface area (Å²) in [6.45, 7) is 3.18. The van der Waals surface area contributed by atoms with E-state index in [9.17, 15) is 9.59 Å². The van der Waals surface area contributed by atoms with Crippen LogP contribution in [-0.4, -0.2) is 54.6 Å². The van der Waals surface area contributed by atoms with Gasteiger partial charge in [-0.25, -0.2) is 9.59 Å². The van der Waals surface area contributed by atoms with Gasteiger partial charge in [0.2, 0.25) is 0 Å². The molecule has 1 aliphatic rings. The fourth-order valence-electron chi connectivity index (χ4n) is 2.44. The fraction of sp³-hybridized carbons (Fsp3) is 0.300. The van der Waals surface area contributed by atoms with Crippen molar-refractivity contribution in [2.75, 3.05) is 26.3 Å². The molecule has 0 bridgehead atoms. The maximum absolute atomic E-state index is 9.55. The van der Waals surface area contributed by atoms with Crippen LogP contribution in [0.5, 0.6) is 5.75 Å². The van der Waals surface area contributed by atoms with E-state index in [1.165, 1.54) is 10.4 Å². The Morgan fingerprint density at radius 1 is 1.18 bits per heavy atom. The minimum Gasteiger partial charge on any atom is -0.491 e. The predicted octanol–water partition coefficient (Wildman–Crippen LogP) is 2.42. The minimum atomic E-state index is -1.26. The number of aliphatic carboxylic acids is 2. The van der Waals surface area contributed by atoms with Gasteiger partial charge in [-0.15, -0.1) is 11.3 Å². The highest BCUT2D eigenvalue weighted by Crippen LogP contribution is 2.23. The molecule has 1 fully saturated rings. The zero-order chi connectivity index (χ0) is 20.2. The second-order valence-corrected chi connectivity index (χ2v) is 6.91. The summed E-state index contributed by atoms with van der Waals surface area (Å²) in [7, 11) is 0. The number of hydrogen-bond donors (Lipinski definition) is 3. The van der Waals surface area contributed by atoms with E-state index in [0.717, 1.165) is 31.9 Å². The Kier molecular flexibility index (Phi) is 9.20. The molecule has 28 heavy (non-hydrogen) atoms. The molecule has 1 unspecified atom stereocenters. The molecular weight excluding hydrogens is 382 g/mol. The molecule has 2 heterocycles. The topological polar surface area (TPSA) is 105 Å². The van der Waals surface area contributed by atoms with Gasteiger partial charge < -0.3 is 25.0 Å². The number of morpholine rings is 1. The lowest BCUT2D eigenvalue weighted by molar-refractivity contribution is -0.134. The molecule has 1 atom stereocenters. The lowest BCUT2D eigenvalue weighted by Gasteiger charge is -2.24. The van der Waals surface area contributed by atoms with Crippen LogP contribution in [0.4, 0.5) is 0 Å². The largest absolute Gasteiger partial charge is 0.491 e. The van der Waals surface area contributed by atoms with E-state index in [-0.39, 0.29) is 6.10 Å². The highest BCUT2D eigenvalue weighted by molar-refractivity contribution is 7.09. The molecule has 1 aromatic heterocycles. The van der Waals surface area contributed by atoms with Crippen molar-refractivity contribution in [3.05, 3.63) is 64.4 Å².